The molecule has 6 heteroatoms. The van der Waals surface area contributed by atoms with E-state index in [1.165, 1.54) is 22.7 Å². The number of nitrogens with one attached hydrogen (secondary N) is 1. The van der Waals surface area contributed by atoms with E-state index in [0.29, 0.717) is 10.0 Å². The molecule has 0 spiro atoms. The Labute approximate surface area is 154 Å². The number of aryl methyl sites for hydroxylation is 2. The molecule has 0 aliphatic rings. The van der Waals surface area contributed by atoms with Crippen molar-refractivity contribution in [3.8, 4) is 10.4 Å². The molecule has 1 aromatic carbocycles. The standard InChI is InChI=1S/C19H18N2O2S2/c1-12-8-10-16(24-12)15(22)9-11-17(23)21-19-20-13(2)18(25-19)14-6-4-3-5-7-14/h3-8,10H,9,11H2,1-2H3,(H,20,21,23). The number of Topliss-reactive ketones (excluding diaryl/α,β-unsaturated/α-hetero) is 1. The van der Waals surface area contributed by atoms with Gasteiger partial charge in [-0.3, -0.25) is 9.59 Å². The molecule has 0 unspecified atom stereocenters. The number of anilines is 1. The third-order valence-electron chi connectivity index (χ3n) is 3.67. The van der Waals surface area contributed by atoms with Crippen LogP contribution in [0.1, 0.15) is 33.1 Å². The highest BCUT2D eigenvalue weighted by Crippen LogP contribution is 2.32. The molecular formula is C19H18N2O2S2. The van der Waals surface area contributed by atoms with E-state index in [9.17, 15) is 9.59 Å². The molecule has 128 valence electrons. The van der Waals surface area contributed by atoms with Crippen LogP contribution in [0, 0.1) is 13.8 Å². The molecule has 2 aromatic heterocycles. The summed E-state index contributed by atoms with van der Waals surface area (Å²) in [6.45, 7) is 3.89. The number of carbonyl (C=O) groups is 2. The van der Waals surface area contributed by atoms with Crippen molar-refractivity contribution in [2.75, 3.05) is 5.32 Å². The Hall–Kier alpha value is -2.31. The van der Waals surface area contributed by atoms with Crippen LogP contribution in [0.3, 0.4) is 0 Å². The number of carbonyl (C=O) groups excluding carboxylic acids is 2. The van der Waals surface area contributed by atoms with Gasteiger partial charge in [-0.25, -0.2) is 4.98 Å². The first-order valence-electron chi connectivity index (χ1n) is 7.95. The number of nitrogens with zero attached hydrogens (tertiary/aromatic N) is 1. The third-order valence-corrected chi connectivity index (χ3v) is 5.84. The van der Waals surface area contributed by atoms with Gasteiger partial charge in [0.2, 0.25) is 5.91 Å². The summed E-state index contributed by atoms with van der Waals surface area (Å²) >= 11 is 2.91. The third kappa shape index (κ3) is 4.41. The van der Waals surface area contributed by atoms with Crippen LogP contribution in [-0.2, 0) is 4.79 Å². The van der Waals surface area contributed by atoms with E-state index < -0.39 is 0 Å². The highest BCUT2D eigenvalue weighted by molar-refractivity contribution is 7.19. The lowest BCUT2D eigenvalue weighted by atomic mass is 10.2. The lowest BCUT2D eigenvalue weighted by Crippen LogP contribution is -2.13. The summed E-state index contributed by atoms with van der Waals surface area (Å²) in [6, 6.07) is 13.7. The number of aromatic nitrogens is 1. The number of rotatable bonds is 6. The predicted molar refractivity (Wildman–Crippen MR) is 104 cm³/mol. The van der Waals surface area contributed by atoms with Crippen molar-refractivity contribution in [3.05, 3.63) is 57.9 Å². The van der Waals surface area contributed by atoms with Gasteiger partial charge in [0.15, 0.2) is 10.9 Å². The van der Waals surface area contributed by atoms with Gasteiger partial charge in [0.1, 0.15) is 0 Å². The van der Waals surface area contributed by atoms with Crippen LogP contribution in [0.4, 0.5) is 5.13 Å². The van der Waals surface area contributed by atoms with Crippen molar-refractivity contribution in [1.29, 1.82) is 0 Å². The maximum Gasteiger partial charge on any atom is 0.226 e. The van der Waals surface area contributed by atoms with Crippen LogP contribution in [0.25, 0.3) is 10.4 Å². The minimum Gasteiger partial charge on any atom is -0.302 e. The van der Waals surface area contributed by atoms with Gasteiger partial charge in [-0.15, -0.1) is 11.3 Å². The van der Waals surface area contributed by atoms with Crippen LogP contribution in [0.5, 0.6) is 0 Å². The molecule has 0 saturated heterocycles. The number of benzene rings is 1. The molecule has 0 fully saturated rings. The van der Waals surface area contributed by atoms with E-state index in [2.05, 4.69) is 10.3 Å². The molecule has 0 aliphatic heterocycles. The van der Waals surface area contributed by atoms with Crippen molar-refractivity contribution in [3.63, 3.8) is 0 Å². The van der Waals surface area contributed by atoms with Gasteiger partial charge < -0.3 is 5.32 Å². The Morgan fingerprint density at radius 3 is 2.44 bits per heavy atom. The summed E-state index contributed by atoms with van der Waals surface area (Å²) in [7, 11) is 0. The first-order valence-corrected chi connectivity index (χ1v) is 9.58. The normalized spacial score (nSPS) is 10.6. The maximum atomic E-state index is 12.1. The van der Waals surface area contributed by atoms with Gasteiger partial charge in [0, 0.05) is 17.7 Å². The molecule has 0 bridgehead atoms. The Balaban J connectivity index is 1.59. The maximum absolute atomic E-state index is 12.1. The van der Waals surface area contributed by atoms with Gasteiger partial charge in [0.05, 0.1) is 15.4 Å². The molecule has 25 heavy (non-hydrogen) atoms. The Morgan fingerprint density at radius 1 is 1.00 bits per heavy atom. The van der Waals surface area contributed by atoms with Crippen LogP contribution in [0.2, 0.25) is 0 Å². The lowest BCUT2D eigenvalue weighted by Gasteiger charge is -2.00. The molecule has 0 radical (unpaired) electrons. The smallest absolute Gasteiger partial charge is 0.226 e. The minimum absolute atomic E-state index is 0.00791. The highest BCUT2D eigenvalue weighted by Gasteiger charge is 2.14. The number of hydrogen-bond acceptors (Lipinski definition) is 5. The Morgan fingerprint density at radius 2 is 1.76 bits per heavy atom. The summed E-state index contributed by atoms with van der Waals surface area (Å²) in [5, 5.41) is 3.37. The largest absolute Gasteiger partial charge is 0.302 e. The van der Waals surface area contributed by atoms with E-state index in [-0.39, 0.29) is 24.5 Å². The monoisotopic (exact) mass is 370 g/mol. The number of ketones is 1. The Bertz CT molecular complexity index is 897. The van der Waals surface area contributed by atoms with E-state index in [0.717, 1.165) is 21.0 Å². The van der Waals surface area contributed by atoms with E-state index in [1.54, 1.807) is 0 Å². The van der Waals surface area contributed by atoms with Gasteiger partial charge in [-0.2, -0.15) is 0 Å². The predicted octanol–water partition coefficient (Wildman–Crippen LogP) is 5.09. The average molecular weight is 370 g/mol. The highest BCUT2D eigenvalue weighted by atomic mass is 32.1. The SMILES string of the molecule is Cc1ccc(C(=O)CCC(=O)Nc2nc(C)c(-c3ccccc3)s2)s1. The van der Waals surface area contributed by atoms with Gasteiger partial charge in [-0.05, 0) is 31.5 Å². The zero-order valence-corrected chi connectivity index (χ0v) is 15.7. The second kappa shape index (κ2) is 7.72. The van der Waals surface area contributed by atoms with Crippen molar-refractivity contribution in [2.24, 2.45) is 0 Å². The first kappa shape index (κ1) is 17.5. The van der Waals surface area contributed by atoms with Crippen molar-refractivity contribution in [1.82, 2.24) is 4.98 Å². The second-order valence-corrected chi connectivity index (χ2v) is 7.97. The van der Waals surface area contributed by atoms with Crippen molar-refractivity contribution in [2.45, 2.75) is 26.7 Å². The first-order chi connectivity index (χ1) is 12.0. The summed E-state index contributed by atoms with van der Waals surface area (Å²) < 4.78 is 0. The van der Waals surface area contributed by atoms with E-state index in [4.69, 9.17) is 0 Å². The molecule has 0 aliphatic carbocycles. The second-order valence-electron chi connectivity index (χ2n) is 5.68. The summed E-state index contributed by atoms with van der Waals surface area (Å²) in [4.78, 5) is 31.5. The number of hydrogen-bond donors (Lipinski definition) is 1. The molecule has 0 saturated carbocycles. The minimum atomic E-state index is -0.185. The van der Waals surface area contributed by atoms with Crippen LogP contribution in [-0.4, -0.2) is 16.7 Å². The van der Waals surface area contributed by atoms with Crippen molar-refractivity contribution < 1.29 is 9.59 Å². The van der Waals surface area contributed by atoms with E-state index in [1.807, 2.05) is 56.3 Å². The Kier molecular flexibility index (Phi) is 5.40. The molecular weight excluding hydrogens is 352 g/mol. The van der Waals surface area contributed by atoms with Crippen LogP contribution < -0.4 is 5.32 Å². The summed E-state index contributed by atoms with van der Waals surface area (Å²) in [6.07, 6.45) is 0.372. The van der Waals surface area contributed by atoms with Crippen LogP contribution in [0.15, 0.2) is 42.5 Å². The molecule has 3 rings (SSSR count). The van der Waals surface area contributed by atoms with Gasteiger partial charge in [0.25, 0.3) is 0 Å². The lowest BCUT2D eigenvalue weighted by molar-refractivity contribution is -0.116. The molecule has 2 heterocycles. The van der Waals surface area contributed by atoms with Gasteiger partial charge in [-0.1, -0.05) is 41.7 Å². The van der Waals surface area contributed by atoms with Gasteiger partial charge >= 0.3 is 0 Å². The van der Waals surface area contributed by atoms with Crippen molar-refractivity contribution >= 4 is 39.5 Å². The number of amides is 1. The average Bonchev–Trinajstić information content (AvgIpc) is 3.19. The zero-order chi connectivity index (χ0) is 17.8. The van der Waals surface area contributed by atoms with Crippen LogP contribution >= 0.6 is 22.7 Å². The van der Waals surface area contributed by atoms with E-state index >= 15 is 0 Å². The fourth-order valence-electron chi connectivity index (χ4n) is 2.42. The fraction of sp³-hybridized carbons (Fsp3) is 0.211. The molecule has 0 atom stereocenters. The molecule has 1 amide bonds. The number of thiophene rings is 1. The molecule has 4 nitrogen and oxygen atoms in total. The topological polar surface area (TPSA) is 59.1 Å². The fourth-order valence-corrected chi connectivity index (χ4v) is 4.25. The summed E-state index contributed by atoms with van der Waals surface area (Å²) in [5.74, 6) is -0.177. The number of thiazole rings is 1. The summed E-state index contributed by atoms with van der Waals surface area (Å²) in [5.41, 5.74) is 1.97. The molecule has 3 aromatic rings. The molecule has 1 N–H and O–H groups in total. The zero-order valence-electron chi connectivity index (χ0n) is 14.0. The quantitative estimate of drug-likeness (QED) is 0.615.